The number of aliphatic hydroxyl groups is 1. The van der Waals surface area contributed by atoms with Crippen LogP contribution in [0.4, 0.5) is 0 Å². The van der Waals surface area contributed by atoms with Crippen LogP contribution >= 0.6 is 0 Å². The highest BCUT2D eigenvalue weighted by atomic mass is 16.3. The van der Waals surface area contributed by atoms with E-state index in [2.05, 4.69) is 20.8 Å². The van der Waals surface area contributed by atoms with Crippen LogP contribution in [0.1, 0.15) is 79.1 Å². The number of carbonyl (C=O) groups is 1. The summed E-state index contributed by atoms with van der Waals surface area (Å²) in [5, 5.41) is 10.7. The van der Waals surface area contributed by atoms with E-state index in [1.165, 1.54) is 38.5 Å². The molecule has 1 N–H and O–H groups in total. The van der Waals surface area contributed by atoms with Crippen molar-refractivity contribution in [2.75, 3.05) is 0 Å². The van der Waals surface area contributed by atoms with Gasteiger partial charge in [-0.25, -0.2) is 0 Å². The molecule has 4 rings (SSSR count). The summed E-state index contributed by atoms with van der Waals surface area (Å²) < 4.78 is 0. The van der Waals surface area contributed by atoms with Crippen LogP contribution in [0.25, 0.3) is 0 Å². The highest BCUT2D eigenvalue weighted by Crippen LogP contribution is 2.65. The van der Waals surface area contributed by atoms with Crippen LogP contribution in [0.15, 0.2) is 0 Å². The number of hydrogen-bond donors (Lipinski definition) is 1. The average Bonchev–Trinajstić information content (AvgIpc) is 2.85. The van der Waals surface area contributed by atoms with Gasteiger partial charge in [-0.05, 0) is 106 Å². The van der Waals surface area contributed by atoms with E-state index in [-0.39, 0.29) is 5.41 Å². The van der Waals surface area contributed by atoms with Crippen molar-refractivity contribution in [3.63, 3.8) is 0 Å². The second kappa shape index (κ2) is 5.56. The molecule has 0 aliphatic heterocycles. The maximum absolute atomic E-state index is 12.2. The fourth-order valence-electron chi connectivity index (χ4n) is 7.92. The number of ketones is 1. The van der Waals surface area contributed by atoms with Gasteiger partial charge in [-0.2, -0.15) is 0 Å². The van der Waals surface area contributed by atoms with Gasteiger partial charge in [-0.15, -0.1) is 0 Å². The van der Waals surface area contributed by atoms with Crippen LogP contribution in [0.5, 0.6) is 0 Å². The first kappa shape index (κ1) is 17.1. The molecule has 0 unspecified atom stereocenters. The lowest BCUT2D eigenvalue weighted by Gasteiger charge is -2.58. The zero-order chi connectivity index (χ0) is 17.3. The lowest BCUT2D eigenvalue weighted by molar-refractivity contribution is -0.134. The fourth-order valence-corrected chi connectivity index (χ4v) is 7.92. The van der Waals surface area contributed by atoms with Gasteiger partial charge in [-0.3, -0.25) is 4.79 Å². The second-order valence-corrected chi connectivity index (χ2v) is 10.4. The average molecular weight is 333 g/mol. The van der Waals surface area contributed by atoms with E-state index in [1.54, 1.807) is 0 Å². The molecule has 24 heavy (non-hydrogen) atoms. The van der Waals surface area contributed by atoms with Crippen molar-refractivity contribution in [1.29, 1.82) is 0 Å². The van der Waals surface area contributed by atoms with Crippen molar-refractivity contribution in [2.24, 2.45) is 46.8 Å². The summed E-state index contributed by atoms with van der Waals surface area (Å²) in [7, 11) is 0. The third kappa shape index (κ3) is 2.35. The Kier molecular flexibility index (Phi) is 3.95. The summed E-state index contributed by atoms with van der Waals surface area (Å²) in [5.41, 5.74) is -0.171. The van der Waals surface area contributed by atoms with Gasteiger partial charge < -0.3 is 5.11 Å². The van der Waals surface area contributed by atoms with Crippen LogP contribution in [0, 0.1) is 46.8 Å². The van der Waals surface area contributed by atoms with Crippen LogP contribution in [0.2, 0.25) is 0 Å². The maximum atomic E-state index is 12.2. The van der Waals surface area contributed by atoms with E-state index in [0.29, 0.717) is 17.6 Å². The molecule has 0 spiro atoms. The first-order valence-electron chi connectivity index (χ1n) is 10.5. The minimum atomic E-state index is -0.454. The number of rotatable bonds is 1. The zero-order valence-electron chi connectivity index (χ0n) is 16.1. The number of hydrogen-bond acceptors (Lipinski definition) is 2. The molecular formula is C22H36O2. The van der Waals surface area contributed by atoms with Gasteiger partial charge >= 0.3 is 0 Å². The lowest BCUT2D eigenvalue weighted by Crippen LogP contribution is -2.52. The van der Waals surface area contributed by atoms with Crippen molar-refractivity contribution < 1.29 is 9.90 Å². The van der Waals surface area contributed by atoms with Gasteiger partial charge in [-0.1, -0.05) is 13.8 Å². The molecule has 0 radical (unpaired) electrons. The normalized spacial score (nSPS) is 57.0. The molecular weight excluding hydrogens is 296 g/mol. The zero-order valence-corrected chi connectivity index (χ0v) is 16.1. The fraction of sp³-hybridized carbons (Fsp3) is 0.955. The molecule has 4 fully saturated rings. The molecule has 4 aliphatic carbocycles. The van der Waals surface area contributed by atoms with Gasteiger partial charge in [0, 0.05) is 5.92 Å². The van der Waals surface area contributed by atoms with E-state index in [4.69, 9.17) is 0 Å². The Morgan fingerprint density at radius 2 is 1.75 bits per heavy atom. The topological polar surface area (TPSA) is 37.3 Å². The molecule has 136 valence electrons. The molecule has 0 aromatic heterocycles. The number of Topliss-reactive ketones (excluding diaryl/α,β-unsaturated/α-hetero) is 1. The Morgan fingerprint density at radius 1 is 1.00 bits per heavy atom. The summed E-state index contributed by atoms with van der Waals surface area (Å²) in [4.78, 5) is 12.2. The van der Waals surface area contributed by atoms with Gasteiger partial charge in [0.1, 0.15) is 5.78 Å². The number of carbonyl (C=O) groups excluding carboxylic acids is 1. The molecule has 0 saturated heterocycles. The monoisotopic (exact) mass is 332 g/mol. The van der Waals surface area contributed by atoms with Crippen LogP contribution in [0.3, 0.4) is 0 Å². The SMILES string of the molecule is CC(=O)[C@H]1CC[C@H]2[C@@H]3CC[C@@H]4C[C@](C)(O)[C@H](C)C[C@@H]4[C@H]3CC[C@]12C. The van der Waals surface area contributed by atoms with Crippen molar-refractivity contribution in [2.45, 2.75) is 84.7 Å². The van der Waals surface area contributed by atoms with E-state index in [9.17, 15) is 9.90 Å². The number of fused-ring (bicyclic) bond motifs is 5. The van der Waals surface area contributed by atoms with Crippen LogP contribution < -0.4 is 0 Å². The molecule has 0 heterocycles. The highest BCUT2D eigenvalue weighted by Gasteiger charge is 2.58. The smallest absolute Gasteiger partial charge is 0.133 e. The van der Waals surface area contributed by atoms with Crippen LogP contribution in [-0.2, 0) is 4.79 Å². The lowest BCUT2D eigenvalue weighted by atomic mass is 9.48. The summed E-state index contributed by atoms with van der Waals surface area (Å²) in [5.74, 6) is 5.27. The van der Waals surface area contributed by atoms with E-state index >= 15 is 0 Å². The third-order valence-corrected chi connectivity index (χ3v) is 9.37. The standard InChI is InChI=1S/C22H36O2/c1-13-11-18-15(12-22(13,4)24)5-6-17-16(18)9-10-21(3)19(14(2)23)7-8-20(17)21/h13,15-20,24H,5-12H2,1-4H3/t13-,15-,16+,17-,18+,19-,20+,21-,22+/m1/s1. The summed E-state index contributed by atoms with van der Waals surface area (Å²) in [6.45, 7) is 8.58. The van der Waals surface area contributed by atoms with Crippen molar-refractivity contribution in [3.05, 3.63) is 0 Å². The second-order valence-electron chi connectivity index (χ2n) is 10.4. The summed E-state index contributed by atoms with van der Waals surface area (Å²) in [6.07, 6.45) is 9.91. The van der Waals surface area contributed by atoms with Crippen LogP contribution in [-0.4, -0.2) is 16.5 Å². The van der Waals surface area contributed by atoms with E-state index < -0.39 is 5.60 Å². The molecule has 0 bridgehead atoms. The Hall–Kier alpha value is -0.370. The van der Waals surface area contributed by atoms with Crippen molar-refractivity contribution in [3.8, 4) is 0 Å². The van der Waals surface area contributed by atoms with E-state index in [1.807, 2.05) is 6.92 Å². The van der Waals surface area contributed by atoms with Gasteiger partial charge in [0.2, 0.25) is 0 Å². The Balaban J connectivity index is 1.57. The summed E-state index contributed by atoms with van der Waals surface area (Å²) in [6, 6.07) is 0. The largest absolute Gasteiger partial charge is 0.390 e. The predicted octanol–water partition coefficient (Wildman–Crippen LogP) is 4.84. The molecule has 0 aromatic rings. The molecule has 4 aliphatic rings. The molecule has 4 saturated carbocycles. The molecule has 0 amide bonds. The molecule has 9 atom stereocenters. The van der Waals surface area contributed by atoms with E-state index in [0.717, 1.165) is 42.4 Å². The minimum absolute atomic E-state index is 0.283. The summed E-state index contributed by atoms with van der Waals surface area (Å²) >= 11 is 0. The Morgan fingerprint density at radius 3 is 2.46 bits per heavy atom. The Bertz CT molecular complexity index is 524. The minimum Gasteiger partial charge on any atom is -0.390 e. The van der Waals surface area contributed by atoms with Crippen molar-refractivity contribution in [1.82, 2.24) is 0 Å². The maximum Gasteiger partial charge on any atom is 0.133 e. The van der Waals surface area contributed by atoms with Gasteiger partial charge in [0.25, 0.3) is 0 Å². The predicted molar refractivity (Wildman–Crippen MR) is 96.5 cm³/mol. The van der Waals surface area contributed by atoms with Gasteiger partial charge in [0.15, 0.2) is 0 Å². The quantitative estimate of drug-likeness (QED) is 0.746. The molecule has 2 nitrogen and oxygen atoms in total. The first-order chi connectivity index (χ1) is 11.2. The highest BCUT2D eigenvalue weighted by molar-refractivity contribution is 5.79. The van der Waals surface area contributed by atoms with Gasteiger partial charge in [0.05, 0.1) is 5.60 Å². The first-order valence-corrected chi connectivity index (χ1v) is 10.5. The Labute approximate surface area is 147 Å². The van der Waals surface area contributed by atoms with Crippen molar-refractivity contribution >= 4 is 5.78 Å². The third-order valence-electron chi connectivity index (χ3n) is 9.37. The molecule has 2 heteroatoms. The molecule has 0 aromatic carbocycles.